The maximum absolute atomic E-state index is 13.7. The van der Waals surface area contributed by atoms with Crippen molar-refractivity contribution in [1.29, 1.82) is 0 Å². The summed E-state index contributed by atoms with van der Waals surface area (Å²) in [4.78, 5) is 5.44. The average Bonchev–Trinajstić information content (AvgIpc) is 3.38. The van der Waals surface area contributed by atoms with E-state index in [0.717, 1.165) is 34.9 Å². The van der Waals surface area contributed by atoms with Gasteiger partial charge < -0.3 is 5.32 Å². The lowest BCUT2D eigenvalue weighted by molar-refractivity contribution is 0.587. The Labute approximate surface area is 163 Å². The van der Waals surface area contributed by atoms with Crippen LogP contribution in [0, 0.1) is 18.6 Å². The van der Waals surface area contributed by atoms with E-state index in [1.807, 2.05) is 29.2 Å². The first-order chi connectivity index (χ1) is 13.1. The van der Waals surface area contributed by atoms with Crippen LogP contribution in [-0.4, -0.2) is 14.8 Å². The Bertz CT molecular complexity index is 1050. The molecular weight excluding hydrogens is 386 g/mol. The van der Waals surface area contributed by atoms with Crippen molar-refractivity contribution in [2.45, 2.75) is 20.0 Å². The number of rotatable bonds is 6. The molecule has 0 spiro atoms. The van der Waals surface area contributed by atoms with Gasteiger partial charge in [0.25, 0.3) is 0 Å². The molecule has 0 aliphatic heterocycles. The van der Waals surface area contributed by atoms with Crippen LogP contribution < -0.4 is 5.32 Å². The van der Waals surface area contributed by atoms with Crippen LogP contribution in [0.5, 0.6) is 0 Å². The van der Waals surface area contributed by atoms with E-state index in [2.05, 4.69) is 26.8 Å². The Morgan fingerprint density at radius 2 is 2.07 bits per heavy atom. The molecule has 1 aromatic carbocycles. The number of nitrogens with zero attached hydrogens (tertiary/aromatic N) is 3. The molecule has 0 aliphatic carbocycles. The smallest absolute Gasteiger partial charge is 0.183 e. The van der Waals surface area contributed by atoms with Crippen LogP contribution in [0.25, 0.3) is 10.6 Å². The largest absolute Gasteiger partial charge is 0.357 e. The van der Waals surface area contributed by atoms with Gasteiger partial charge in [0.05, 0.1) is 17.1 Å². The number of thiophene rings is 1. The fourth-order valence-electron chi connectivity index (χ4n) is 2.70. The molecule has 0 atom stereocenters. The highest BCUT2D eigenvalue weighted by Gasteiger charge is 2.13. The highest BCUT2D eigenvalue weighted by atomic mass is 32.1. The van der Waals surface area contributed by atoms with Crippen molar-refractivity contribution in [3.8, 4) is 10.6 Å². The zero-order chi connectivity index (χ0) is 18.8. The highest BCUT2D eigenvalue weighted by Crippen LogP contribution is 2.32. The fourth-order valence-corrected chi connectivity index (χ4v) is 4.29. The molecule has 4 aromatic rings. The van der Waals surface area contributed by atoms with Crippen molar-refractivity contribution >= 4 is 27.8 Å². The Balaban J connectivity index is 1.48. The van der Waals surface area contributed by atoms with Crippen molar-refractivity contribution in [2.75, 3.05) is 5.32 Å². The molecule has 3 heterocycles. The second-order valence-corrected chi connectivity index (χ2v) is 7.83. The maximum atomic E-state index is 13.7. The molecule has 27 heavy (non-hydrogen) atoms. The van der Waals surface area contributed by atoms with Crippen molar-refractivity contribution in [3.63, 3.8) is 0 Å². The number of hydrogen-bond donors (Lipinski definition) is 1. The lowest BCUT2D eigenvalue weighted by Crippen LogP contribution is -2.02. The molecule has 4 nitrogen and oxygen atoms in total. The van der Waals surface area contributed by atoms with Crippen LogP contribution in [0.4, 0.5) is 13.9 Å². The Kier molecular flexibility index (Phi) is 5.00. The predicted octanol–water partition coefficient (Wildman–Crippen LogP) is 5.32. The molecule has 0 aliphatic rings. The van der Waals surface area contributed by atoms with E-state index in [9.17, 15) is 8.78 Å². The van der Waals surface area contributed by atoms with E-state index in [4.69, 9.17) is 0 Å². The summed E-state index contributed by atoms with van der Waals surface area (Å²) in [5.74, 6) is -0.898. The summed E-state index contributed by atoms with van der Waals surface area (Å²) >= 11 is 3.12. The fraction of sp³-hybridized carbons (Fsp3) is 0.158. The van der Waals surface area contributed by atoms with Crippen LogP contribution in [0.2, 0.25) is 0 Å². The number of nitrogens with one attached hydrogen (secondary N) is 1. The minimum atomic E-state index is -0.458. The molecule has 1 N–H and O–H groups in total. The second kappa shape index (κ2) is 7.58. The Hall–Kier alpha value is -2.58. The first-order valence-electron chi connectivity index (χ1n) is 8.28. The van der Waals surface area contributed by atoms with Crippen LogP contribution in [-0.2, 0) is 13.1 Å². The van der Waals surface area contributed by atoms with Gasteiger partial charge in [-0.3, -0.25) is 4.68 Å². The summed E-state index contributed by atoms with van der Waals surface area (Å²) < 4.78 is 28.9. The quantitative estimate of drug-likeness (QED) is 0.475. The van der Waals surface area contributed by atoms with Gasteiger partial charge in [-0.2, -0.15) is 16.4 Å². The number of aryl methyl sites for hydroxylation is 1. The lowest BCUT2D eigenvalue weighted by atomic mass is 10.2. The van der Waals surface area contributed by atoms with Gasteiger partial charge in [-0.15, -0.1) is 0 Å². The van der Waals surface area contributed by atoms with Crippen molar-refractivity contribution in [3.05, 3.63) is 75.7 Å². The zero-order valence-electron chi connectivity index (χ0n) is 14.4. The SMILES string of the molecule is Cc1nc(NCc2cc(F)ccc2F)sc1-c1ccn(Cc2ccsc2)n1. The summed E-state index contributed by atoms with van der Waals surface area (Å²) in [6.45, 7) is 2.81. The van der Waals surface area contributed by atoms with E-state index >= 15 is 0 Å². The summed E-state index contributed by atoms with van der Waals surface area (Å²) in [6, 6.07) is 7.47. The van der Waals surface area contributed by atoms with E-state index in [0.29, 0.717) is 5.13 Å². The third-order valence-corrected chi connectivity index (χ3v) is 5.90. The van der Waals surface area contributed by atoms with Crippen molar-refractivity contribution in [1.82, 2.24) is 14.8 Å². The normalized spacial score (nSPS) is 11.1. The number of aromatic nitrogens is 3. The number of halogens is 2. The zero-order valence-corrected chi connectivity index (χ0v) is 16.1. The predicted molar refractivity (Wildman–Crippen MR) is 105 cm³/mol. The number of benzene rings is 1. The molecule has 0 bridgehead atoms. The third-order valence-electron chi connectivity index (χ3n) is 4.03. The van der Waals surface area contributed by atoms with Gasteiger partial charge in [-0.1, -0.05) is 11.3 Å². The monoisotopic (exact) mass is 402 g/mol. The van der Waals surface area contributed by atoms with Crippen LogP contribution >= 0.6 is 22.7 Å². The Morgan fingerprint density at radius 3 is 2.89 bits per heavy atom. The first kappa shape index (κ1) is 17.8. The molecule has 3 aromatic heterocycles. The molecule has 0 saturated heterocycles. The van der Waals surface area contributed by atoms with Gasteiger partial charge in [0.2, 0.25) is 0 Å². The topological polar surface area (TPSA) is 42.7 Å². The van der Waals surface area contributed by atoms with E-state index in [1.54, 1.807) is 11.3 Å². The van der Waals surface area contributed by atoms with E-state index in [1.165, 1.54) is 23.0 Å². The minimum absolute atomic E-state index is 0.169. The van der Waals surface area contributed by atoms with Gasteiger partial charge >= 0.3 is 0 Å². The third kappa shape index (κ3) is 4.06. The van der Waals surface area contributed by atoms with Crippen LogP contribution in [0.3, 0.4) is 0 Å². The van der Waals surface area contributed by atoms with Gasteiger partial charge in [0.15, 0.2) is 5.13 Å². The molecule has 4 rings (SSSR count). The van der Waals surface area contributed by atoms with Crippen LogP contribution in [0.15, 0.2) is 47.3 Å². The van der Waals surface area contributed by atoms with Gasteiger partial charge in [-0.05, 0) is 53.6 Å². The van der Waals surface area contributed by atoms with Crippen molar-refractivity contribution < 1.29 is 8.78 Å². The molecule has 0 saturated carbocycles. The van der Waals surface area contributed by atoms with Crippen LogP contribution in [0.1, 0.15) is 16.8 Å². The minimum Gasteiger partial charge on any atom is -0.357 e. The number of hydrogen-bond acceptors (Lipinski definition) is 5. The highest BCUT2D eigenvalue weighted by molar-refractivity contribution is 7.19. The average molecular weight is 402 g/mol. The second-order valence-electron chi connectivity index (χ2n) is 6.05. The summed E-state index contributed by atoms with van der Waals surface area (Å²) in [5, 5.41) is 12.5. The number of anilines is 1. The summed E-state index contributed by atoms with van der Waals surface area (Å²) in [5.41, 5.74) is 3.19. The van der Waals surface area contributed by atoms with Gasteiger partial charge in [-0.25, -0.2) is 13.8 Å². The number of thiazole rings is 1. The summed E-state index contributed by atoms with van der Waals surface area (Å²) in [6.07, 6.45) is 1.95. The molecule has 0 amide bonds. The lowest BCUT2D eigenvalue weighted by Gasteiger charge is -2.04. The van der Waals surface area contributed by atoms with Crippen molar-refractivity contribution in [2.24, 2.45) is 0 Å². The van der Waals surface area contributed by atoms with E-state index < -0.39 is 11.6 Å². The maximum Gasteiger partial charge on any atom is 0.183 e. The molecule has 138 valence electrons. The van der Waals surface area contributed by atoms with E-state index in [-0.39, 0.29) is 12.1 Å². The van der Waals surface area contributed by atoms with Gasteiger partial charge in [0.1, 0.15) is 17.3 Å². The molecule has 0 radical (unpaired) electrons. The van der Waals surface area contributed by atoms with Gasteiger partial charge in [0, 0.05) is 18.3 Å². The standard InChI is InChI=1S/C19H16F2N4S2/c1-12-18(17-4-6-25(24-17)10-13-5-7-26-11-13)27-19(23-12)22-9-14-8-15(20)2-3-16(14)21/h2-8,11H,9-10H2,1H3,(H,22,23). The molecule has 0 fully saturated rings. The molecule has 8 heteroatoms. The molecule has 0 unspecified atom stereocenters. The Morgan fingerprint density at radius 1 is 1.19 bits per heavy atom. The molecular formula is C19H16F2N4S2. The first-order valence-corrected chi connectivity index (χ1v) is 10.0. The summed E-state index contributed by atoms with van der Waals surface area (Å²) in [7, 11) is 0.